The minimum atomic E-state index is -0.114. The molecule has 2 heterocycles. The Kier molecular flexibility index (Phi) is 8.54. The van der Waals surface area contributed by atoms with Crippen molar-refractivity contribution in [3.63, 3.8) is 0 Å². The third kappa shape index (κ3) is 6.29. The van der Waals surface area contributed by atoms with Crippen LogP contribution in [-0.4, -0.2) is 39.3 Å². The topological polar surface area (TPSA) is 81.9 Å². The Bertz CT molecular complexity index is 1270. The maximum atomic E-state index is 12.4. The van der Waals surface area contributed by atoms with E-state index in [0.29, 0.717) is 18.0 Å². The number of methoxy groups -OCH3 is 1. The van der Waals surface area contributed by atoms with Crippen LogP contribution < -0.4 is 10.1 Å². The molecule has 0 saturated heterocycles. The van der Waals surface area contributed by atoms with Gasteiger partial charge in [-0.1, -0.05) is 61.4 Å². The first-order valence-electron chi connectivity index (χ1n) is 11.6. The lowest BCUT2D eigenvalue weighted by molar-refractivity contribution is 0.0948. The number of carbonyl (C=O) groups excluding carboxylic acids is 1. The molecule has 0 bridgehead atoms. The van der Waals surface area contributed by atoms with E-state index in [4.69, 9.17) is 4.74 Å². The molecule has 9 heteroatoms. The van der Waals surface area contributed by atoms with Gasteiger partial charge >= 0.3 is 0 Å². The summed E-state index contributed by atoms with van der Waals surface area (Å²) in [6.45, 7) is 4.89. The third-order valence-electron chi connectivity index (χ3n) is 5.43. The minimum absolute atomic E-state index is 0.114. The molecule has 0 aliphatic heterocycles. The van der Waals surface area contributed by atoms with Crippen molar-refractivity contribution in [1.82, 2.24) is 25.1 Å². The highest BCUT2D eigenvalue weighted by Crippen LogP contribution is 2.31. The highest BCUT2D eigenvalue weighted by Gasteiger charge is 2.18. The molecule has 0 aliphatic rings. The summed E-state index contributed by atoms with van der Waals surface area (Å²) in [5, 5.41) is 15.4. The number of amides is 1. The highest BCUT2D eigenvalue weighted by molar-refractivity contribution is 7.98. The number of rotatable bonds is 11. The second kappa shape index (κ2) is 12.0. The summed E-state index contributed by atoms with van der Waals surface area (Å²) in [5.41, 5.74) is 3.55. The molecule has 35 heavy (non-hydrogen) atoms. The summed E-state index contributed by atoms with van der Waals surface area (Å²) in [4.78, 5) is 16.9. The Morgan fingerprint density at radius 1 is 1.14 bits per heavy atom. The fraction of sp³-hybridized carbons (Fsp3) is 0.308. The Labute approximate surface area is 214 Å². The molecular weight excluding hydrogens is 478 g/mol. The van der Waals surface area contributed by atoms with Gasteiger partial charge in [-0.15, -0.1) is 21.5 Å². The zero-order valence-corrected chi connectivity index (χ0v) is 21.8. The molecule has 0 unspecified atom stereocenters. The van der Waals surface area contributed by atoms with Crippen LogP contribution >= 0.6 is 23.1 Å². The molecule has 0 radical (unpaired) electrons. The van der Waals surface area contributed by atoms with Crippen LogP contribution in [0.1, 0.15) is 47.2 Å². The number of unbranched alkanes of at least 4 members (excludes halogenated alkanes) is 2. The van der Waals surface area contributed by atoms with Crippen molar-refractivity contribution in [2.75, 3.05) is 13.7 Å². The van der Waals surface area contributed by atoms with Crippen LogP contribution in [0.25, 0.3) is 17.1 Å². The standard InChI is InChI=1S/C26H29N5O2S2/c1-4-5-6-14-27-25(32)22-16-34-23(28-22)17-35-26-30-29-24(19-8-7-9-21(15-19)33-3)31(26)20-12-10-18(2)11-13-20/h7-13,15-16H,4-6,14,17H2,1-3H3,(H,27,32). The van der Waals surface area contributed by atoms with E-state index >= 15 is 0 Å². The summed E-state index contributed by atoms with van der Waals surface area (Å²) in [6, 6.07) is 16.1. The smallest absolute Gasteiger partial charge is 0.270 e. The second-order valence-corrected chi connectivity index (χ2v) is 9.97. The molecule has 1 amide bonds. The van der Waals surface area contributed by atoms with Crippen LogP contribution in [0.4, 0.5) is 0 Å². The van der Waals surface area contributed by atoms with Crippen LogP contribution in [0.3, 0.4) is 0 Å². The molecule has 4 rings (SSSR count). The van der Waals surface area contributed by atoms with Crippen molar-refractivity contribution in [3.05, 3.63) is 70.2 Å². The first-order chi connectivity index (χ1) is 17.1. The minimum Gasteiger partial charge on any atom is -0.497 e. The van der Waals surface area contributed by atoms with Gasteiger partial charge in [0.2, 0.25) is 0 Å². The van der Waals surface area contributed by atoms with Crippen LogP contribution in [0.2, 0.25) is 0 Å². The maximum Gasteiger partial charge on any atom is 0.270 e. The highest BCUT2D eigenvalue weighted by atomic mass is 32.2. The maximum absolute atomic E-state index is 12.4. The Morgan fingerprint density at radius 3 is 2.74 bits per heavy atom. The summed E-state index contributed by atoms with van der Waals surface area (Å²) < 4.78 is 7.46. The molecule has 182 valence electrons. The van der Waals surface area contributed by atoms with Crippen molar-refractivity contribution in [2.24, 2.45) is 0 Å². The molecular formula is C26H29N5O2S2. The SMILES string of the molecule is CCCCCNC(=O)c1csc(CSc2nnc(-c3cccc(OC)c3)n2-c2ccc(C)cc2)n1. The molecule has 2 aromatic carbocycles. The largest absolute Gasteiger partial charge is 0.497 e. The normalized spacial score (nSPS) is 10.9. The van der Waals surface area contributed by atoms with E-state index in [1.54, 1.807) is 18.9 Å². The van der Waals surface area contributed by atoms with Gasteiger partial charge in [-0.25, -0.2) is 4.98 Å². The van der Waals surface area contributed by atoms with Gasteiger partial charge in [0.25, 0.3) is 5.91 Å². The third-order valence-corrected chi connectivity index (χ3v) is 7.40. The zero-order valence-electron chi connectivity index (χ0n) is 20.2. The molecule has 7 nitrogen and oxygen atoms in total. The van der Waals surface area contributed by atoms with Gasteiger partial charge in [0.15, 0.2) is 11.0 Å². The average Bonchev–Trinajstić information content (AvgIpc) is 3.53. The predicted octanol–water partition coefficient (Wildman–Crippen LogP) is 5.92. The van der Waals surface area contributed by atoms with Gasteiger partial charge in [-0.05, 0) is 37.6 Å². The number of carbonyl (C=O) groups is 1. The molecule has 2 aromatic heterocycles. The number of benzene rings is 2. The fourth-order valence-electron chi connectivity index (χ4n) is 3.51. The van der Waals surface area contributed by atoms with Crippen molar-refractivity contribution in [3.8, 4) is 22.8 Å². The number of nitrogens with zero attached hydrogens (tertiary/aromatic N) is 4. The average molecular weight is 508 g/mol. The van der Waals surface area contributed by atoms with Gasteiger partial charge < -0.3 is 10.1 Å². The van der Waals surface area contributed by atoms with E-state index in [9.17, 15) is 4.79 Å². The zero-order chi connectivity index (χ0) is 24.6. The van der Waals surface area contributed by atoms with Crippen molar-refractivity contribution >= 4 is 29.0 Å². The van der Waals surface area contributed by atoms with Gasteiger partial charge in [0.1, 0.15) is 16.5 Å². The lowest BCUT2D eigenvalue weighted by atomic mass is 10.2. The van der Waals surface area contributed by atoms with E-state index in [1.165, 1.54) is 16.9 Å². The van der Waals surface area contributed by atoms with E-state index in [1.807, 2.05) is 34.2 Å². The van der Waals surface area contributed by atoms with Crippen LogP contribution in [0.15, 0.2) is 59.1 Å². The summed E-state index contributed by atoms with van der Waals surface area (Å²) in [5.74, 6) is 1.98. The molecule has 0 spiro atoms. The summed E-state index contributed by atoms with van der Waals surface area (Å²) >= 11 is 3.03. The van der Waals surface area contributed by atoms with E-state index in [0.717, 1.165) is 52.3 Å². The van der Waals surface area contributed by atoms with Gasteiger partial charge in [0.05, 0.1) is 12.9 Å². The van der Waals surface area contributed by atoms with Crippen LogP contribution in [0, 0.1) is 6.92 Å². The molecule has 0 atom stereocenters. The van der Waals surface area contributed by atoms with Crippen molar-refractivity contribution in [2.45, 2.75) is 44.0 Å². The molecule has 0 fully saturated rings. The molecule has 0 saturated carbocycles. The Hall–Kier alpha value is -3.17. The molecule has 0 aliphatic carbocycles. The van der Waals surface area contributed by atoms with Crippen molar-refractivity contribution in [1.29, 1.82) is 0 Å². The first kappa shape index (κ1) is 24.9. The number of aromatic nitrogens is 4. The van der Waals surface area contributed by atoms with Crippen LogP contribution in [-0.2, 0) is 5.75 Å². The monoisotopic (exact) mass is 507 g/mol. The number of ether oxygens (including phenoxy) is 1. The van der Waals surface area contributed by atoms with E-state index < -0.39 is 0 Å². The lowest BCUT2D eigenvalue weighted by Gasteiger charge is -2.11. The van der Waals surface area contributed by atoms with Crippen LogP contribution in [0.5, 0.6) is 5.75 Å². The number of aryl methyl sites for hydroxylation is 1. The van der Waals surface area contributed by atoms with Gasteiger partial charge in [-0.2, -0.15) is 0 Å². The first-order valence-corrected chi connectivity index (χ1v) is 13.5. The number of hydrogen-bond donors (Lipinski definition) is 1. The van der Waals surface area contributed by atoms with E-state index in [-0.39, 0.29) is 5.91 Å². The molecule has 1 N–H and O–H groups in total. The second-order valence-electron chi connectivity index (χ2n) is 8.09. The fourth-order valence-corrected chi connectivity index (χ4v) is 5.26. The van der Waals surface area contributed by atoms with Crippen molar-refractivity contribution < 1.29 is 9.53 Å². The predicted molar refractivity (Wildman–Crippen MR) is 142 cm³/mol. The number of thiazole rings is 1. The lowest BCUT2D eigenvalue weighted by Crippen LogP contribution is -2.24. The van der Waals surface area contributed by atoms with E-state index in [2.05, 4.69) is 58.6 Å². The summed E-state index contributed by atoms with van der Waals surface area (Å²) in [7, 11) is 1.65. The quantitative estimate of drug-likeness (QED) is 0.200. The summed E-state index contributed by atoms with van der Waals surface area (Å²) in [6.07, 6.45) is 3.22. The number of hydrogen-bond acceptors (Lipinski definition) is 7. The Balaban J connectivity index is 1.54. The number of nitrogens with one attached hydrogen (secondary N) is 1. The Morgan fingerprint density at radius 2 is 1.97 bits per heavy atom. The van der Waals surface area contributed by atoms with Gasteiger partial charge in [0, 0.05) is 23.2 Å². The molecule has 4 aromatic rings. The van der Waals surface area contributed by atoms with Gasteiger partial charge in [-0.3, -0.25) is 9.36 Å². The number of thioether (sulfide) groups is 1.